The molecule has 3 aromatic rings. The molecule has 0 unspecified atom stereocenters. The fourth-order valence-electron chi connectivity index (χ4n) is 2.54. The van der Waals surface area contributed by atoms with Gasteiger partial charge in [-0.15, -0.1) is 0 Å². The Morgan fingerprint density at radius 1 is 1.00 bits per heavy atom. The number of benzene rings is 2. The minimum absolute atomic E-state index is 0.226. The lowest BCUT2D eigenvalue weighted by Gasteiger charge is -2.01. The third-order valence-corrected chi connectivity index (χ3v) is 3.60. The highest BCUT2D eigenvalue weighted by atomic mass is 19.1. The number of halogens is 1. The quantitative estimate of drug-likeness (QED) is 0.779. The van der Waals surface area contributed by atoms with Gasteiger partial charge in [0.15, 0.2) is 11.6 Å². The molecule has 0 saturated carbocycles. The number of nitrogens with zero attached hydrogens (tertiary/aromatic N) is 1. The molecule has 0 fully saturated rings. The normalized spacial score (nSPS) is 14.2. The maximum absolute atomic E-state index is 13.0. The van der Waals surface area contributed by atoms with Crippen molar-refractivity contribution < 1.29 is 8.81 Å². The summed E-state index contributed by atoms with van der Waals surface area (Å²) < 4.78 is 18.8. The zero-order valence-electron chi connectivity index (χ0n) is 11.3. The maximum Gasteiger partial charge on any atom is 0.170 e. The van der Waals surface area contributed by atoms with Gasteiger partial charge in [-0.1, -0.05) is 18.2 Å². The van der Waals surface area contributed by atoms with Gasteiger partial charge in [-0.25, -0.2) is 4.39 Å². The van der Waals surface area contributed by atoms with Crippen LogP contribution in [0.5, 0.6) is 0 Å². The van der Waals surface area contributed by atoms with Crippen LogP contribution in [0.2, 0.25) is 0 Å². The van der Waals surface area contributed by atoms with Crippen LogP contribution in [0.15, 0.2) is 57.9 Å². The van der Waals surface area contributed by atoms with Crippen LogP contribution in [-0.2, 0) is 0 Å². The van der Waals surface area contributed by atoms with E-state index in [2.05, 4.69) is 10.3 Å². The molecule has 2 heterocycles. The molecule has 0 bridgehead atoms. The van der Waals surface area contributed by atoms with Crippen molar-refractivity contribution in [1.29, 1.82) is 0 Å². The molecule has 0 aliphatic carbocycles. The summed E-state index contributed by atoms with van der Waals surface area (Å²) in [6, 6.07) is 14.4. The fraction of sp³-hybridized carbons (Fsp3) is 0.118. The van der Waals surface area contributed by atoms with Crippen molar-refractivity contribution in [1.82, 2.24) is 5.32 Å². The number of furan rings is 1. The summed E-state index contributed by atoms with van der Waals surface area (Å²) >= 11 is 0. The van der Waals surface area contributed by atoms with E-state index in [1.165, 1.54) is 12.1 Å². The molecule has 0 amide bonds. The van der Waals surface area contributed by atoms with Gasteiger partial charge in [0.25, 0.3) is 0 Å². The molecule has 0 radical (unpaired) electrons. The van der Waals surface area contributed by atoms with Gasteiger partial charge >= 0.3 is 0 Å². The lowest BCUT2D eigenvalue weighted by atomic mass is 10.0. The Balaban J connectivity index is 1.77. The predicted molar refractivity (Wildman–Crippen MR) is 81.0 cm³/mol. The molecule has 104 valence electrons. The van der Waals surface area contributed by atoms with Crippen molar-refractivity contribution in [3.05, 3.63) is 60.1 Å². The predicted octanol–water partition coefficient (Wildman–Crippen LogP) is 3.59. The first-order valence-corrected chi connectivity index (χ1v) is 6.88. The maximum atomic E-state index is 13.0. The summed E-state index contributed by atoms with van der Waals surface area (Å²) in [5, 5.41) is 4.22. The Labute approximate surface area is 121 Å². The summed E-state index contributed by atoms with van der Waals surface area (Å²) in [7, 11) is 0. The average Bonchev–Trinajstić information content (AvgIpc) is 3.16. The van der Waals surface area contributed by atoms with E-state index in [0.29, 0.717) is 0 Å². The van der Waals surface area contributed by atoms with E-state index in [9.17, 15) is 4.39 Å². The van der Waals surface area contributed by atoms with Crippen molar-refractivity contribution in [2.24, 2.45) is 4.99 Å². The van der Waals surface area contributed by atoms with Crippen LogP contribution in [0.3, 0.4) is 0 Å². The SMILES string of the molecule is Fc1ccc(-c2ccc3oc(C4=NCCN4)cc3c2)cc1. The molecular formula is C17H13FN2O. The Morgan fingerprint density at radius 2 is 1.81 bits per heavy atom. The summed E-state index contributed by atoms with van der Waals surface area (Å²) in [5.74, 6) is 1.35. The highest BCUT2D eigenvalue weighted by molar-refractivity contribution is 6.01. The highest BCUT2D eigenvalue weighted by Crippen LogP contribution is 2.27. The molecule has 0 spiro atoms. The van der Waals surface area contributed by atoms with Crippen molar-refractivity contribution in [3.8, 4) is 11.1 Å². The zero-order valence-corrected chi connectivity index (χ0v) is 11.3. The third kappa shape index (κ3) is 2.18. The largest absolute Gasteiger partial charge is 0.453 e. The minimum Gasteiger partial charge on any atom is -0.453 e. The first kappa shape index (κ1) is 12.1. The lowest BCUT2D eigenvalue weighted by Crippen LogP contribution is -2.18. The van der Waals surface area contributed by atoms with Crippen LogP contribution < -0.4 is 5.32 Å². The molecule has 1 aliphatic rings. The van der Waals surface area contributed by atoms with Crippen molar-refractivity contribution in [2.75, 3.05) is 13.1 Å². The average molecular weight is 280 g/mol. The second-order valence-corrected chi connectivity index (χ2v) is 5.03. The molecule has 0 saturated heterocycles. The number of aliphatic imine (C=N–C) groups is 1. The molecular weight excluding hydrogens is 267 g/mol. The van der Waals surface area contributed by atoms with Crippen molar-refractivity contribution in [2.45, 2.75) is 0 Å². The monoisotopic (exact) mass is 280 g/mol. The van der Waals surface area contributed by atoms with Gasteiger partial charge in [-0.05, 0) is 41.5 Å². The first-order valence-electron chi connectivity index (χ1n) is 6.88. The van der Waals surface area contributed by atoms with E-state index in [1.54, 1.807) is 12.1 Å². The second-order valence-electron chi connectivity index (χ2n) is 5.03. The van der Waals surface area contributed by atoms with Crippen molar-refractivity contribution in [3.63, 3.8) is 0 Å². The third-order valence-electron chi connectivity index (χ3n) is 3.60. The van der Waals surface area contributed by atoms with Gasteiger partial charge in [-0.3, -0.25) is 4.99 Å². The standard InChI is InChI=1S/C17H13FN2O/c18-14-4-1-11(2-5-14)12-3-6-15-13(9-12)10-16(21-15)17-19-7-8-20-17/h1-6,9-10H,7-8H2,(H,19,20). The summed E-state index contributed by atoms with van der Waals surface area (Å²) in [4.78, 5) is 4.36. The smallest absolute Gasteiger partial charge is 0.170 e. The zero-order chi connectivity index (χ0) is 14.2. The second kappa shape index (κ2) is 4.74. The van der Waals surface area contributed by atoms with E-state index in [-0.39, 0.29) is 5.82 Å². The molecule has 1 N–H and O–H groups in total. The molecule has 3 nitrogen and oxygen atoms in total. The van der Waals surface area contributed by atoms with E-state index in [1.807, 2.05) is 24.3 Å². The van der Waals surface area contributed by atoms with E-state index in [0.717, 1.165) is 46.8 Å². The Kier molecular flexibility index (Phi) is 2.74. The Hall–Kier alpha value is -2.62. The first-order chi connectivity index (χ1) is 10.3. The van der Waals surface area contributed by atoms with Crippen LogP contribution in [0.1, 0.15) is 5.76 Å². The molecule has 21 heavy (non-hydrogen) atoms. The van der Waals surface area contributed by atoms with Gasteiger partial charge in [0, 0.05) is 11.9 Å². The van der Waals surface area contributed by atoms with Gasteiger partial charge in [0.2, 0.25) is 0 Å². The Bertz CT molecular complexity index is 834. The van der Waals surface area contributed by atoms with Gasteiger partial charge < -0.3 is 9.73 Å². The topological polar surface area (TPSA) is 37.5 Å². The van der Waals surface area contributed by atoms with Crippen LogP contribution in [-0.4, -0.2) is 18.9 Å². The van der Waals surface area contributed by atoms with E-state index >= 15 is 0 Å². The fourth-order valence-corrected chi connectivity index (χ4v) is 2.54. The number of fused-ring (bicyclic) bond motifs is 1. The molecule has 4 heteroatoms. The molecule has 1 aliphatic heterocycles. The van der Waals surface area contributed by atoms with Gasteiger partial charge in [0.1, 0.15) is 11.4 Å². The number of hydrogen-bond acceptors (Lipinski definition) is 3. The molecule has 2 aromatic carbocycles. The van der Waals surface area contributed by atoms with Crippen molar-refractivity contribution >= 4 is 16.8 Å². The molecule has 0 atom stereocenters. The van der Waals surface area contributed by atoms with Gasteiger partial charge in [0.05, 0.1) is 6.54 Å². The van der Waals surface area contributed by atoms with Crippen LogP contribution in [0.25, 0.3) is 22.1 Å². The number of rotatable bonds is 2. The number of amidine groups is 1. The van der Waals surface area contributed by atoms with E-state index < -0.39 is 0 Å². The summed E-state index contributed by atoms with van der Waals surface area (Å²) in [6.07, 6.45) is 0. The molecule has 4 rings (SSSR count). The lowest BCUT2D eigenvalue weighted by molar-refractivity contribution is 0.602. The Morgan fingerprint density at radius 3 is 2.57 bits per heavy atom. The summed E-state index contributed by atoms with van der Waals surface area (Å²) in [5.41, 5.74) is 2.85. The van der Waals surface area contributed by atoms with Crippen LogP contribution >= 0.6 is 0 Å². The number of nitrogens with one attached hydrogen (secondary N) is 1. The van der Waals surface area contributed by atoms with Crippen LogP contribution in [0.4, 0.5) is 4.39 Å². The van der Waals surface area contributed by atoms with Crippen LogP contribution in [0, 0.1) is 5.82 Å². The molecule has 1 aromatic heterocycles. The van der Waals surface area contributed by atoms with Gasteiger partial charge in [-0.2, -0.15) is 0 Å². The number of hydrogen-bond donors (Lipinski definition) is 1. The van der Waals surface area contributed by atoms with E-state index in [4.69, 9.17) is 4.42 Å². The highest BCUT2D eigenvalue weighted by Gasteiger charge is 2.13. The summed E-state index contributed by atoms with van der Waals surface area (Å²) in [6.45, 7) is 1.64. The minimum atomic E-state index is -0.226.